The van der Waals surface area contributed by atoms with Gasteiger partial charge in [0.25, 0.3) is 0 Å². The van der Waals surface area contributed by atoms with Crippen LogP contribution in [-0.2, 0) is 12.8 Å². The van der Waals surface area contributed by atoms with E-state index in [-0.39, 0.29) is 0 Å². The number of hydrogen-bond donors (Lipinski definition) is 0. The minimum atomic E-state index is 1.07. The third-order valence-electron chi connectivity index (χ3n) is 4.09. The molecule has 20 heavy (non-hydrogen) atoms. The largest absolute Gasteiger partial charge is 0.242 e. The zero-order chi connectivity index (χ0) is 13.7. The lowest BCUT2D eigenvalue weighted by Crippen LogP contribution is -2.06. The number of nitrogens with zero attached hydrogens (tertiary/aromatic N) is 3. The molecule has 3 aromatic heterocycles. The molecule has 3 aromatic rings. The van der Waals surface area contributed by atoms with Crippen molar-refractivity contribution in [3.63, 3.8) is 0 Å². The Bertz CT molecular complexity index is 823. The molecular formula is C15H15N3S2. The summed E-state index contributed by atoms with van der Waals surface area (Å²) in [7, 11) is 0. The van der Waals surface area contributed by atoms with Crippen LogP contribution in [0.5, 0.6) is 0 Å². The number of rotatable bonds is 1. The van der Waals surface area contributed by atoms with Crippen molar-refractivity contribution in [2.75, 3.05) is 6.26 Å². The lowest BCUT2D eigenvalue weighted by Gasteiger charge is -2.18. The van der Waals surface area contributed by atoms with E-state index in [4.69, 9.17) is 4.98 Å². The Balaban J connectivity index is 2.18. The molecular weight excluding hydrogens is 286 g/mol. The second-order valence-electron chi connectivity index (χ2n) is 5.20. The van der Waals surface area contributed by atoms with E-state index in [2.05, 4.69) is 23.1 Å². The third kappa shape index (κ3) is 1.69. The molecule has 0 N–H and O–H groups in total. The van der Waals surface area contributed by atoms with E-state index in [1.165, 1.54) is 52.6 Å². The third-order valence-corrected chi connectivity index (χ3v) is 5.99. The molecule has 0 amide bonds. The number of thioether (sulfide) groups is 1. The van der Waals surface area contributed by atoms with Gasteiger partial charge in [-0.2, -0.15) is 0 Å². The summed E-state index contributed by atoms with van der Waals surface area (Å²) < 4.78 is 1.20. The summed E-state index contributed by atoms with van der Waals surface area (Å²) in [5, 5.41) is 2.36. The number of hydrogen-bond acceptors (Lipinski definition) is 5. The van der Waals surface area contributed by atoms with Gasteiger partial charge in [0.05, 0.1) is 10.2 Å². The standard InChI is InChI=1S/C15H15N3S2/c1-8-9-5-3-4-6-10(9)11-12-13(20-14(11)18-8)15(19-2)17-7-16-12/h7H,3-6H2,1-2H3. The molecule has 0 radical (unpaired) electrons. The molecule has 1 aliphatic rings. The molecule has 0 bridgehead atoms. The van der Waals surface area contributed by atoms with E-state index in [1.807, 2.05) is 0 Å². The molecule has 3 nitrogen and oxygen atoms in total. The fraction of sp³-hybridized carbons (Fsp3) is 0.400. The van der Waals surface area contributed by atoms with Crippen molar-refractivity contribution >= 4 is 43.5 Å². The number of thiophene rings is 1. The minimum Gasteiger partial charge on any atom is -0.242 e. The van der Waals surface area contributed by atoms with Gasteiger partial charge in [-0.15, -0.1) is 23.1 Å². The molecule has 0 atom stereocenters. The Morgan fingerprint density at radius 2 is 1.95 bits per heavy atom. The summed E-state index contributed by atoms with van der Waals surface area (Å²) in [5.41, 5.74) is 5.27. The van der Waals surface area contributed by atoms with Gasteiger partial charge in [-0.1, -0.05) is 0 Å². The van der Waals surface area contributed by atoms with Crippen LogP contribution >= 0.6 is 23.1 Å². The maximum Gasteiger partial charge on any atom is 0.126 e. The normalized spacial score (nSPS) is 14.9. The van der Waals surface area contributed by atoms with Gasteiger partial charge >= 0.3 is 0 Å². The quantitative estimate of drug-likeness (QED) is 0.500. The summed E-state index contributed by atoms with van der Waals surface area (Å²) in [6.45, 7) is 2.15. The predicted molar refractivity (Wildman–Crippen MR) is 85.9 cm³/mol. The van der Waals surface area contributed by atoms with E-state index < -0.39 is 0 Å². The van der Waals surface area contributed by atoms with Crippen molar-refractivity contribution in [3.8, 4) is 0 Å². The lowest BCUT2D eigenvalue weighted by atomic mass is 9.89. The molecule has 0 fully saturated rings. The van der Waals surface area contributed by atoms with Crippen LogP contribution in [0.15, 0.2) is 11.4 Å². The average Bonchev–Trinajstić information content (AvgIpc) is 2.85. The smallest absolute Gasteiger partial charge is 0.126 e. The van der Waals surface area contributed by atoms with E-state index in [0.717, 1.165) is 15.4 Å². The van der Waals surface area contributed by atoms with Crippen LogP contribution < -0.4 is 0 Å². The van der Waals surface area contributed by atoms with Crippen LogP contribution in [0, 0.1) is 6.92 Å². The van der Waals surface area contributed by atoms with Gasteiger partial charge in [0.1, 0.15) is 16.2 Å². The SMILES string of the molecule is CSc1ncnc2c1sc1nc(C)c3c(c12)CCCC3. The Morgan fingerprint density at radius 1 is 1.15 bits per heavy atom. The Labute approximate surface area is 125 Å². The van der Waals surface area contributed by atoms with Crippen molar-refractivity contribution in [2.45, 2.75) is 37.6 Å². The first-order valence-corrected chi connectivity index (χ1v) is 8.93. The summed E-state index contributed by atoms with van der Waals surface area (Å²) in [6.07, 6.45) is 8.66. The van der Waals surface area contributed by atoms with Crippen LogP contribution in [0.1, 0.15) is 29.7 Å². The first kappa shape index (κ1) is 12.5. The van der Waals surface area contributed by atoms with Gasteiger partial charge in [-0.05, 0) is 50.0 Å². The topological polar surface area (TPSA) is 38.7 Å². The van der Waals surface area contributed by atoms with Gasteiger partial charge in [0, 0.05) is 11.1 Å². The molecule has 102 valence electrons. The lowest BCUT2D eigenvalue weighted by molar-refractivity contribution is 0.683. The summed E-state index contributed by atoms with van der Waals surface area (Å²) >= 11 is 3.43. The van der Waals surface area contributed by atoms with Gasteiger partial charge in [-0.3, -0.25) is 0 Å². The van der Waals surface area contributed by atoms with E-state index in [9.17, 15) is 0 Å². The zero-order valence-corrected chi connectivity index (χ0v) is 13.2. The van der Waals surface area contributed by atoms with E-state index >= 15 is 0 Å². The molecule has 1 aliphatic carbocycles. The van der Waals surface area contributed by atoms with E-state index in [1.54, 1.807) is 29.4 Å². The molecule has 0 saturated carbocycles. The molecule has 4 rings (SSSR count). The fourth-order valence-corrected chi connectivity index (χ4v) is 5.07. The average molecular weight is 301 g/mol. The van der Waals surface area contributed by atoms with Crippen LogP contribution in [0.3, 0.4) is 0 Å². The molecule has 0 unspecified atom stereocenters. The number of pyridine rings is 1. The van der Waals surface area contributed by atoms with Crippen molar-refractivity contribution in [1.29, 1.82) is 0 Å². The molecule has 3 heterocycles. The van der Waals surface area contributed by atoms with E-state index in [0.29, 0.717) is 0 Å². The highest BCUT2D eigenvalue weighted by Crippen LogP contribution is 2.40. The van der Waals surface area contributed by atoms with Crippen LogP contribution in [0.2, 0.25) is 0 Å². The highest BCUT2D eigenvalue weighted by atomic mass is 32.2. The van der Waals surface area contributed by atoms with Crippen LogP contribution in [0.4, 0.5) is 0 Å². The number of fused-ring (bicyclic) bond motifs is 5. The fourth-order valence-electron chi connectivity index (χ4n) is 3.17. The number of aryl methyl sites for hydroxylation is 2. The molecule has 5 heteroatoms. The second-order valence-corrected chi connectivity index (χ2v) is 7.00. The molecule has 0 aliphatic heterocycles. The highest BCUT2D eigenvalue weighted by molar-refractivity contribution is 7.98. The minimum absolute atomic E-state index is 1.07. The van der Waals surface area contributed by atoms with Crippen molar-refractivity contribution in [3.05, 3.63) is 23.1 Å². The first-order chi connectivity index (χ1) is 9.79. The second kappa shape index (κ2) is 4.67. The van der Waals surface area contributed by atoms with Crippen molar-refractivity contribution in [2.24, 2.45) is 0 Å². The number of aromatic nitrogens is 3. The maximum absolute atomic E-state index is 4.84. The Hall–Kier alpha value is -1.20. The molecule has 0 aromatic carbocycles. The first-order valence-electron chi connectivity index (χ1n) is 6.89. The van der Waals surface area contributed by atoms with Gasteiger partial charge in [0.15, 0.2) is 0 Å². The summed E-state index contributed by atoms with van der Waals surface area (Å²) in [4.78, 5) is 14.9. The van der Waals surface area contributed by atoms with Gasteiger partial charge < -0.3 is 0 Å². The highest BCUT2D eigenvalue weighted by Gasteiger charge is 2.21. The van der Waals surface area contributed by atoms with Gasteiger partial charge in [0.2, 0.25) is 0 Å². The van der Waals surface area contributed by atoms with Crippen LogP contribution in [0.25, 0.3) is 20.4 Å². The molecule has 0 spiro atoms. The summed E-state index contributed by atoms with van der Waals surface area (Å²) in [5.74, 6) is 0. The molecule has 0 saturated heterocycles. The summed E-state index contributed by atoms with van der Waals surface area (Å²) in [6, 6.07) is 0. The van der Waals surface area contributed by atoms with Crippen molar-refractivity contribution in [1.82, 2.24) is 15.0 Å². The maximum atomic E-state index is 4.84. The van der Waals surface area contributed by atoms with Crippen LogP contribution in [-0.4, -0.2) is 21.2 Å². The Morgan fingerprint density at radius 3 is 2.75 bits per heavy atom. The predicted octanol–water partition coefficient (Wildman–Crippen LogP) is 4.15. The van der Waals surface area contributed by atoms with Crippen molar-refractivity contribution < 1.29 is 0 Å². The monoisotopic (exact) mass is 301 g/mol. The zero-order valence-electron chi connectivity index (χ0n) is 11.6. The van der Waals surface area contributed by atoms with Gasteiger partial charge in [-0.25, -0.2) is 15.0 Å². The Kier molecular flexibility index (Phi) is 2.93.